The van der Waals surface area contributed by atoms with Crippen molar-refractivity contribution < 1.29 is 18.7 Å². The average Bonchev–Trinajstić information content (AvgIpc) is 2.55. The quantitative estimate of drug-likeness (QED) is 0.780. The number of rotatable bonds is 6. The first-order valence-corrected chi connectivity index (χ1v) is 8.30. The summed E-state index contributed by atoms with van der Waals surface area (Å²) in [5, 5.41) is 0.442. The molecule has 25 heavy (non-hydrogen) atoms. The Bertz CT molecular complexity index is 734. The van der Waals surface area contributed by atoms with E-state index in [0.29, 0.717) is 16.3 Å². The van der Waals surface area contributed by atoms with E-state index in [1.165, 1.54) is 12.1 Å². The molecule has 0 spiro atoms. The summed E-state index contributed by atoms with van der Waals surface area (Å²) in [5.41, 5.74) is 7.20. The zero-order valence-electron chi connectivity index (χ0n) is 14.3. The number of ether oxygens (including phenoxy) is 2. The first-order valence-electron chi connectivity index (χ1n) is 7.92. The molecule has 2 aromatic carbocycles. The first kappa shape index (κ1) is 19.2. The highest BCUT2D eigenvalue weighted by atomic mass is 35.5. The summed E-state index contributed by atoms with van der Waals surface area (Å²) in [6.07, 6.45) is -1.31. The van der Waals surface area contributed by atoms with Gasteiger partial charge in [-0.05, 0) is 56.2 Å². The molecule has 0 aliphatic heterocycles. The highest BCUT2D eigenvalue weighted by Gasteiger charge is 2.26. The van der Waals surface area contributed by atoms with Gasteiger partial charge in [0.15, 0.2) is 6.10 Å². The van der Waals surface area contributed by atoms with E-state index in [1.807, 2.05) is 13.0 Å². The maximum atomic E-state index is 13.2. The van der Waals surface area contributed by atoms with E-state index in [9.17, 15) is 9.18 Å². The van der Waals surface area contributed by atoms with Gasteiger partial charge in [-0.2, -0.15) is 0 Å². The Kier molecular flexibility index (Phi) is 6.39. The second-order valence-electron chi connectivity index (χ2n) is 5.95. The van der Waals surface area contributed by atoms with Gasteiger partial charge in [-0.25, -0.2) is 4.39 Å². The van der Waals surface area contributed by atoms with Crippen LogP contribution in [0.2, 0.25) is 5.02 Å². The third kappa shape index (κ3) is 5.18. The van der Waals surface area contributed by atoms with Crippen LogP contribution < -0.4 is 10.5 Å². The molecule has 0 saturated heterocycles. The van der Waals surface area contributed by atoms with Gasteiger partial charge in [0, 0.05) is 0 Å². The van der Waals surface area contributed by atoms with E-state index in [1.54, 1.807) is 38.1 Å². The second kappa shape index (κ2) is 8.32. The molecule has 0 heterocycles. The van der Waals surface area contributed by atoms with E-state index in [4.69, 9.17) is 26.8 Å². The van der Waals surface area contributed by atoms with Gasteiger partial charge >= 0.3 is 5.97 Å². The first-order chi connectivity index (χ1) is 11.8. The van der Waals surface area contributed by atoms with Gasteiger partial charge < -0.3 is 15.2 Å². The third-order valence-corrected chi connectivity index (χ3v) is 3.94. The Balaban J connectivity index is 2.31. The number of nitrogens with two attached hydrogens (primary N) is 1. The van der Waals surface area contributed by atoms with Crippen LogP contribution in [0.1, 0.15) is 31.1 Å². The summed E-state index contributed by atoms with van der Waals surface area (Å²) in [6.45, 7) is 5.15. The van der Waals surface area contributed by atoms with Crippen LogP contribution in [-0.4, -0.2) is 18.1 Å². The molecule has 0 aromatic heterocycles. The fraction of sp³-hybridized carbons (Fsp3) is 0.316. The SMILES string of the molecule is Cc1ccc(O[C@H](c2ccc(F)cc2)[C@H](C)OC(=O)[C@H](C)N)c(Cl)c1. The van der Waals surface area contributed by atoms with Crippen LogP contribution in [0.3, 0.4) is 0 Å². The second-order valence-corrected chi connectivity index (χ2v) is 6.36. The van der Waals surface area contributed by atoms with Crippen LogP contribution >= 0.6 is 11.6 Å². The van der Waals surface area contributed by atoms with E-state index in [2.05, 4.69) is 0 Å². The zero-order chi connectivity index (χ0) is 18.6. The van der Waals surface area contributed by atoms with Gasteiger partial charge in [-0.15, -0.1) is 0 Å². The average molecular weight is 366 g/mol. The topological polar surface area (TPSA) is 61.5 Å². The lowest BCUT2D eigenvalue weighted by atomic mass is 10.0. The van der Waals surface area contributed by atoms with Gasteiger partial charge in [-0.3, -0.25) is 4.79 Å². The summed E-state index contributed by atoms with van der Waals surface area (Å²) < 4.78 is 24.6. The molecular formula is C19H21ClFNO3. The Morgan fingerprint density at radius 3 is 2.36 bits per heavy atom. The van der Waals surface area contributed by atoms with Crippen molar-refractivity contribution in [1.82, 2.24) is 0 Å². The van der Waals surface area contributed by atoms with Crippen molar-refractivity contribution in [2.45, 2.75) is 39.0 Å². The molecule has 134 valence electrons. The van der Waals surface area contributed by atoms with Gasteiger partial charge in [0.1, 0.15) is 23.7 Å². The molecule has 0 aliphatic carbocycles. The van der Waals surface area contributed by atoms with Gasteiger partial charge in [-0.1, -0.05) is 29.8 Å². The molecule has 2 rings (SSSR count). The number of halogens is 2. The Labute approximate surface area is 151 Å². The summed E-state index contributed by atoms with van der Waals surface area (Å²) in [5.74, 6) is -0.459. The van der Waals surface area contributed by atoms with Crippen LogP contribution in [0.25, 0.3) is 0 Å². The van der Waals surface area contributed by atoms with E-state index < -0.39 is 24.2 Å². The number of carbonyl (C=O) groups excluding carboxylic acids is 1. The normalized spacial score (nSPS) is 14.5. The molecule has 2 N–H and O–H groups in total. The van der Waals surface area contributed by atoms with Crippen LogP contribution in [0.5, 0.6) is 5.75 Å². The lowest BCUT2D eigenvalue weighted by Crippen LogP contribution is -2.34. The van der Waals surface area contributed by atoms with Crippen molar-refractivity contribution in [2.24, 2.45) is 5.73 Å². The number of hydrogen-bond donors (Lipinski definition) is 1. The Morgan fingerprint density at radius 1 is 1.16 bits per heavy atom. The molecule has 0 fully saturated rings. The number of aryl methyl sites for hydroxylation is 1. The molecule has 0 amide bonds. The van der Waals surface area contributed by atoms with Crippen LogP contribution in [0.4, 0.5) is 4.39 Å². The fourth-order valence-corrected chi connectivity index (χ4v) is 2.56. The van der Waals surface area contributed by atoms with Crippen molar-refractivity contribution in [1.29, 1.82) is 0 Å². The standard InChI is InChI=1S/C19H21ClFNO3/c1-11-4-9-17(16(20)10-11)25-18(13(3)24-19(23)12(2)22)14-5-7-15(21)8-6-14/h4-10,12-13,18H,22H2,1-3H3/t12-,13-,18-/m0/s1. The molecule has 0 aliphatic rings. The molecule has 0 unspecified atom stereocenters. The van der Waals surface area contributed by atoms with Gasteiger partial charge in [0.2, 0.25) is 0 Å². The maximum Gasteiger partial charge on any atom is 0.323 e. The number of esters is 1. The largest absolute Gasteiger partial charge is 0.480 e. The van der Waals surface area contributed by atoms with E-state index in [0.717, 1.165) is 5.56 Å². The van der Waals surface area contributed by atoms with Gasteiger partial charge in [0.25, 0.3) is 0 Å². The highest BCUT2D eigenvalue weighted by molar-refractivity contribution is 6.32. The predicted octanol–water partition coefficient (Wildman–Crippen LogP) is 4.19. The minimum Gasteiger partial charge on any atom is -0.480 e. The van der Waals surface area contributed by atoms with Crippen molar-refractivity contribution >= 4 is 17.6 Å². The van der Waals surface area contributed by atoms with Crippen molar-refractivity contribution in [3.05, 3.63) is 64.4 Å². The molecule has 2 aromatic rings. The van der Waals surface area contributed by atoms with Crippen LogP contribution in [0, 0.1) is 12.7 Å². The zero-order valence-corrected chi connectivity index (χ0v) is 15.1. The van der Waals surface area contributed by atoms with Crippen LogP contribution in [-0.2, 0) is 9.53 Å². The lowest BCUT2D eigenvalue weighted by molar-refractivity contribution is -0.154. The monoisotopic (exact) mass is 365 g/mol. The molecule has 0 saturated carbocycles. The molecule has 0 radical (unpaired) electrons. The molecule has 0 bridgehead atoms. The lowest BCUT2D eigenvalue weighted by Gasteiger charge is -2.26. The molecule has 3 atom stereocenters. The van der Waals surface area contributed by atoms with Crippen molar-refractivity contribution in [3.63, 3.8) is 0 Å². The summed E-state index contributed by atoms with van der Waals surface area (Å²) in [4.78, 5) is 11.8. The van der Waals surface area contributed by atoms with E-state index >= 15 is 0 Å². The summed E-state index contributed by atoms with van der Waals surface area (Å²) in [7, 11) is 0. The van der Waals surface area contributed by atoms with Gasteiger partial charge in [0.05, 0.1) is 5.02 Å². The van der Waals surface area contributed by atoms with Crippen molar-refractivity contribution in [2.75, 3.05) is 0 Å². The number of hydrogen-bond acceptors (Lipinski definition) is 4. The molecule has 4 nitrogen and oxygen atoms in total. The minimum atomic E-state index is -0.751. The minimum absolute atomic E-state index is 0.365. The predicted molar refractivity (Wildman–Crippen MR) is 95.2 cm³/mol. The smallest absolute Gasteiger partial charge is 0.323 e. The fourth-order valence-electron chi connectivity index (χ4n) is 2.28. The Morgan fingerprint density at radius 2 is 1.80 bits per heavy atom. The highest BCUT2D eigenvalue weighted by Crippen LogP contribution is 2.32. The molecular weight excluding hydrogens is 345 g/mol. The Hall–Kier alpha value is -2.11. The summed E-state index contributed by atoms with van der Waals surface area (Å²) in [6, 6.07) is 10.4. The van der Waals surface area contributed by atoms with E-state index in [-0.39, 0.29) is 5.82 Å². The third-order valence-electron chi connectivity index (χ3n) is 3.64. The number of benzene rings is 2. The maximum absolute atomic E-state index is 13.2. The summed E-state index contributed by atoms with van der Waals surface area (Å²) >= 11 is 6.23. The molecule has 6 heteroatoms. The van der Waals surface area contributed by atoms with Crippen LogP contribution in [0.15, 0.2) is 42.5 Å². The number of carbonyl (C=O) groups is 1. The van der Waals surface area contributed by atoms with Crippen molar-refractivity contribution in [3.8, 4) is 5.75 Å².